The molecule has 2 N–H and O–H groups in total. The van der Waals surface area contributed by atoms with Gasteiger partial charge in [-0.25, -0.2) is 0 Å². The number of hydrogen-bond acceptors (Lipinski definition) is 2. The van der Waals surface area contributed by atoms with Gasteiger partial charge in [0.25, 0.3) is 0 Å². The number of fused-ring (bicyclic) bond motifs is 6. The van der Waals surface area contributed by atoms with Crippen LogP contribution in [0, 0.1) is 0 Å². The minimum Gasteiger partial charge on any atom is -0.355 e. The molecular weight excluding hydrogens is 488 g/mol. The topological polar surface area (TPSA) is 56.3 Å². The third-order valence-electron chi connectivity index (χ3n) is 6.62. The maximum Gasteiger partial charge on any atom is 0.0857 e. The van der Waals surface area contributed by atoms with Crippen LogP contribution in [0.4, 0.5) is 11.4 Å². The molecule has 0 atom stereocenters. The third-order valence-corrected chi connectivity index (χ3v) is 6.62. The van der Waals surface area contributed by atoms with Crippen LogP contribution in [-0.4, -0.2) is 9.97 Å². The Kier molecular flexibility index (Phi) is 7.40. The molecule has 0 amide bonds. The number of para-hydroxylation sites is 4. The fourth-order valence-electron chi connectivity index (χ4n) is 4.70. The lowest BCUT2D eigenvalue weighted by atomic mass is 10.2. The molecule has 0 aliphatic carbocycles. The number of aromatic nitrogens is 2. The summed E-state index contributed by atoms with van der Waals surface area (Å²) >= 11 is 0. The monoisotopic (exact) mass is 516 g/mol. The van der Waals surface area contributed by atoms with Gasteiger partial charge in [0.05, 0.1) is 11.4 Å². The molecule has 192 valence electrons. The van der Waals surface area contributed by atoms with Crippen molar-refractivity contribution in [3.63, 3.8) is 0 Å². The molecule has 0 fully saturated rings. The summed E-state index contributed by atoms with van der Waals surface area (Å²) in [6.45, 7) is 0. The van der Waals surface area contributed by atoms with Crippen LogP contribution in [0.25, 0.3) is 43.6 Å². The smallest absolute Gasteiger partial charge is 0.0857 e. The molecule has 40 heavy (non-hydrogen) atoms. The van der Waals surface area contributed by atoms with E-state index >= 15 is 0 Å². The maximum atomic E-state index is 4.10. The van der Waals surface area contributed by atoms with E-state index < -0.39 is 0 Å². The highest BCUT2D eigenvalue weighted by atomic mass is 15.1. The predicted molar refractivity (Wildman–Crippen MR) is 169 cm³/mol. The second kappa shape index (κ2) is 11.9. The van der Waals surface area contributed by atoms with Gasteiger partial charge in [-0.2, -0.15) is 10.2 Å². The van der Waals surface area contributed by atoms with Gasteiger partial charge in [0.2, 0.25) is 0 Å². The number of nitrogens with one attached hydrogen (secondary N) is 2. The van der Waals surface area contributed by atoms with Crippen molar-refractivity contribution in [2.75, 3.05) is 0 Å². The SMILES string of the molecule is c1ccc(/N=N/c2ccccc2)cc1.c1ccc2c(c1)[nH]c1ccccc12.c1ccc2c(c1)[nH]c1ccccc12. The van der Waals surface area contributed by atoms with Crippen molar-refractivity contribution >= 4 is 55.0 Å². The second-order valence-corrected chi connectivity index (χ2v) is 9.30. The molecule has 0 unspecified atom stereocenters. The van der Waals surface area contributed by atoms with Crippen LogP contribution in [0.5, 0.6) is 0 Å². The summed E-state index contributed by atoms with van der Waals surface area (Å²) in [6.07, 6.45) is 0. The van der Waals surface area contributed by atoms with Gasteiger partial charge in [-0.3, -0.25) is 0 Å². The number of benzene rings is 6. The van der Waals surface area contributed by atoms with Gasteiger partial charge in [0, 0.05) is 43.6 Å². The molecule has 0 saturated carbocycles. The zero-order valence-corrected chi connectivity index (χ0v) is 21.9. The van der Waals surface area contributed by atoms with Crippen molar-refractivity contribution in [3.05, 3.63) is 158 Å². The molecule has 0 spiro atoms. The standard InChI is InChI=1S/C12H10N2.2C12H9N/c1-3-7-11(8-4-1)13-14-12-9-5-2-6-10-12;2*1-3-7-11-9(5-1)10-6-2-4-8-12(10)13-11/h1-10H;2*1-8,13H/b14-13+;;. The third kappa shape index (κ3) is 5.66. The van der Waals surface area contributed by atoms with E-state index in [4.69, 9.17) is 0 Å². The van der Waals surface area contributed by atoms with Crippen molar-refractivity contribution in [1.29, 1.82) is 0 Å². The van der Waals surface area contributed by atoms with Crippen LogP contribution in [-0.2, 0) is 0 Å². The average Bonchev–Trinajstić information content (AvgIpc) is 3.60. The van der Waals surface area contributed by atoms with Crippen molar-refractivity contribution in [1.82, 2.24) is 9.97 Å². The quantitative estimate of drug-likeness (QED) is 0.215. The zero-order valence-electron chi connectivity index (χ0n) is 21.9. The molecular formula is C36H28N4. The number of azo groups is 1. The summed E-state index contributed by atoms with van der Waals surface area (Å²) in [5, 5.41) is 13.4. The minimum atomic E-state index is 0.872. The van der Waals surface area contributed by atoms with Gasteiger partial charge < -0.3 is 9.97 Å². The average molecular weight is 517 g/mol. The van der Waals surface area contributed by atoms with E-state index in [-0.39, 0.29) is 0 Å². The van der Waals surface area contributed by atoms with Gasteiger partial charge >= 0.3 is 0 Å². The molecule has 8 aromatic rings. The lowest BCUT2D eigenvalue weighted by Gasteiger charge is -1.91. The lowest BCUT2D eigenvalue weighted by Crippen LogP contribution is -1.62. The Hall–Kier alpha value is -5.48. The molecule has 0 bridgehead atoms. The van der Waals surface area contributed by atoms with E-state index in [1.54, 1.807) is 0 Å². The highest BCUT2D eigenvalue weighted by molar-refractivity contribution is 6.07. The molecule has 8 rings (SSSR count). The molecule has 2 heterocycles. The molecule has 0 radical (unpaired) electrons. The van der Waals surface area contributed by atoms with Gasteiger partial charge in [-0.1, -0.05) is 109 Å². The Labute approximate surface area is 232 Å². The Morgan fingerprint density at radius 3 is 0.825 bits per heavy atom. The van der Waals surface area contributed by atoms with Crippen LogP contribution in [0.2, 0.25) is 0 Å². The molecule has 0 aliphatic heterocycles. The second-order valence-electron chi connectivity index (χ2n) is 9.30. The Morgan fingerprint density at radius 2 is 0.525 bits per heavy atom. The number of hydrogen-bond donors (Lipinski definition) is 2. The van der Waals surface area contributed by atoms with Crippen molar-refractivity contribution in [3.8, 4) is 0 Å². The van der Waals surface area contributed by atoms with Gasteiger partial charge in [0.15, 0.2) is 0 Å². The van der Waals surface area contributed by atoms with Gasteiger partial charge in [-0.05, 0) is 48.5 Å². The molecule has 4 nitrogen and oxygen atoms in total. The number of rotatable bonds is 2. The van der Waals surface area contributed by atoms with Crippen molar-refractivity contribution < 1.29 is 0 Å². The maximum absolute atomic E-state index is 4.10. The summed E-state index contributed by atoms with van der Waals surface area (Å²) in [6, 6.07) is 52.9. The zero-order chi connectivity index (χ0) is 27.0. The van der Waals surface area contributed by atoms with E-state index in [1.165, 1.54) is 43.6 Å². The van der Waals surface area contributed by atoms with E-state index in [2.05, 4.69) is 117 Å². The first-order valence-electron chi connectivity index (χ1n) is 13.3. The fourth-order valence-corrected chi connectivity index (χ4v) is 4.70. The van der Waals surface area contributed by atoms with Crippen LogP contribution in [0.3, 0.4) is 0 Å². The molecule has 0 saturated heterocycles. The molecule has 2 aromatic heterocycles. The fraction of sp³-hybridized carbons (Fsp3) is 0. The summed E-state index contributed by atoms with van der Waals surface area (Å²) in [5.41, 5.74) is 6.59. The first-order chi connectivity index (χ1) is 19.8. The Balaban J connectivity index is 0.000000109. The van der Waals surface area contributed by atoms with Crippen LogP contribution < -0.4 is 0 Å². The highest BCUT2D eigenvalue weighted by Crippen LogP contribution is 2.25. The molecule has 4 heteroatoms. The van der Waals surface area contributed by atoms with Crippen molar-refractivity contribution in [2.45, 2.75) is 0 Å². The largest absolute Gasteiger partial charge is 0.355 e. The first-order valence-corrected chi connectivity index (χ1v) is 13.3. The number of H-pyrrole nitrogens is 2. The van der Waals surface area contributed by atoms with Crippen molar-refractivity contribution in [2.24, 2.45) is 10.2 Å². The molecule has 0 aliphatic rings. The van der Waals surface area contributed by atoms with Gasteiger partial charge in [-0.15, -0.1) is 0 Å². The van der Waals surface area contributed by atoms with E-state index in [0.717, 1.165) is 11.4 Å². The van der Waals surface area contributed by atoms with Crippen LogP contribution in [0.15, 0.2) is 168 Å². The van der Waals surface area contributed by atoms with E-state index in [1.807, 2.05) is 60.7 Å². The highest BCUT2D eigenvalue weighted by Gasteiger charge is 2.01. The molecule has 6 aromatic carbocycles. The van der Waals surface area contributed by atoms with Crippen LogP contribution >= 0.6 is 0 Å². The summed E-state index contributed by atoms with van der Waals surface area (Å²) in [7, 11) is 0. The normalized spacial score (nSPS) is 10.9. The minimum absolute atomic E-state index is 0.872. The lowest BCUT2D eigenvalue weighted by molar-refractivity contribution is 1.23. The van der Waals surface area contributed by atoms with E-state index in [9.17, 15) is 0 Å². The van der Waals surface area contributed by atoms with Crippen LogP contribution in [0.1, 0.15) is 0 Å². The summed E-state index contributed by atoms with van der Waals surface area (Å²) < 4.78 is 0. The van der Waals surface area contributed by atoms with Gasteiger partial charge in [0.1, 0.15) is 0 Å². The van der Waals surface area contributed by atoms with E-state index in [0.29, 0.717) is 0 Å². The summed E-state index contributed by atoms with van der Waals surface area (Å²) in [4.78, 5) is 6.76. The first kappa shape index (κ1) is 24.8. The predicted octanol–water partition coefficient (Wildman–Crippen LogP) is 10.7. The Morgan fingerprint density at radius 1 is 0.275 bits per heavy atom. The Bertz CT molecular complexity index is 1750. The number of nitrogens with zero attached hydrogens (tertiary/aromatic N) is 2. The number of aromatic amines is 2. The summed E-state index contributed by atoms with van der Waals surface area (Å²) in [5.74, 6) is 0.